The van der Waals surface area contributed by atoms with Gasteiger partial charge in [0.15, 0.2) is 0 Å². The highest BCUT2D eigenvalue weighted by atomic mass is 14.9. The topological polar surface area (TPSA) is 38.0 Å². The third-order valence-electron chi connectivity index (χ3n) is 2.53. The molecule has 2 rings (SSSR count). The summed E-state index contributed by atoms with van der Waals surface area (Å²) < 4.78 is 0. The van der Waals surface area contributed by atoms with Crippen molar-refractivity contribution < 1.29 is 0 Å². The van der Waals surface area contributed by atoms with Crippen molar-refractivity contribution in [1.82, 2.24) is 5.32 Å². The average molecular weight is 188 g/mol. The van der Waals surface area contributed by atoms with Gasteiger partial charge in [-0.2, -0.15) is 0 Å². The molecule has 3 N–H and O–H groups in total. The minimum absolute atomic E-state index is 0.690. The van der Waals surface area contributed by atoms with Crippen LogP contribution in [-0.4, -0.2) is 13.1 Å². The van der Waals surface area contributed by atoms with Gasteiger partial charge in [-0.15, -0.1) is 0 Å². The maximum atomic E-state index is 5.48. The summed E-state index contributed by atoms with van der Waals surface area (Å²) in [6.45, 7) is 1.55. The van der Waals surface area contributed by atoms with Crippen LogP contribution in [0.1, 0.15) is 12.8 Å². The number of nitrogens with one attached hydrogen (secondary N) is 1. The lowest BCUT2D eigenvalue weighted by molar-refractivity contribution is 0.815. The highest BCUT2D eigenvalue weighted by molar-refractivity contribution is 5.49. The van der Waals surface area contributed by atoms with Gasteiger partial charge in [0, 0.05) is 24.0 Å². The largest absolute Gasteiger partial charge is 0.387 e. The SMILES string of the molecule is NCCNC1=c2ccccc2=CCC1. The number of nitrogens with two attached hydrogens (primary N) is 1. The number of hydrogen-bond donors (Lipinski definition) is 2. The minimum atomic E-state index is 0.690. The third kappa shape index (κ3) is 1.80. The van der Waals surface area contributed by atoms with Crippen molar-refractivity contribution in [3.05, 3.63) is 34.7 Å². The van der Waals surface area contributed by atoms with Crippen LogP contribution in [0.3, 0.4) is 0 Å². The van der Waals surface area contributed by atoms with Crippen molar-refractivity contribution in [2.24, 2.45) is 5.73 Å². The zero-order valence-electron chi connectivity index (χ0n) is 8.29. The van der Waals surface area contributed by atoms with Gasteiger partial charge >= 0.3 is 0 Å². The Morgan fingerprint density at radius 2 is 2.14 bits per heavy atom. The molecule has 0 heterocycles. The molecule has 0 spiro atoms. The predicted octanol–water partition coefficient (Wildman–Crippen LogP) is -0.0826. The Hall–Kier alpha value is -1.28. The van der Waals surface area contributed by atoms with Crippen molar-refractivity contribution in [2.75, 3.05) is 13.1 Å². The molecular weight excluding hydrogens is 172 g/mol. The molecule has 0 fully saturated rings. The van der Waals surface area contributed by atoms with Gasteiger partial charge in [0.05, 0.1) is 0 Å². The van der Waals surface area contributed by atoms with E-state index in [1.165, 1.54) is 16.1 Å². The molecule has 0 aliphatic heterocycles. The quantitative estimate of drug-likeness (QED) is 0.696. The maximum Gasteiger partial charge on any atom is 0.0267 e. The van der Waals surface area contributed by atoms with Gasteiger partial charge < -0.3 is 11.1 Å². The molecule has 0 radical (unpaired) electrons. The smallest absolute Gasteiger partial charge is 0.0267 e. The fraction of sp³-hybridized carbons (Fsp3) is 0.333. The predicted molar refractivity (Wildman–Crippen MR) is 59.9 cm³/mol. The Labute approximate surface area is 84.1 Å². The standard InChI is InChI=1S/C12H16N2/c13-8-9-14-12-7-3-5-10-4-1-2-6-11(10)12/h1-2,4-6,14H,3,7-9,13H2. The number of hydrogen-bond acceptors (Lipinski definition) is 2. The van der Waals surface area contributed by atoms with E-state index >= 15 is 0 Å². The van der Waals surface area contributed by atoms with Crippen molar-refractivity contribution >= 4 is 11.8 Å². The summed E-state index contributed by atoms with van der Waals surface area (Å²) in [6.07, 6.45) is 4.53. The number of fused-ring (bicyclic) bond motifs is 1. The molecule has 1 aromatic carbocycles. The zero-order chi connectivity index (χ0) is 9.80. The highest BCUT2D eigenvalue weighted by Crippen LogP contribution is 2.03. The lowest BCUT2D eigenvalue weighted by Gasteiger charge is -2.12. The van der Waals surface area contributed by atoms with Crippen LogP contribution >= 0.6 is 0 Å². The molecule has 0 amide bonds. The van der Waals surface area contributed by atoms with Gasteiger partial charge in [-0.25, -0.2) is 0 Å². The van der Waals surface area contributed by atoms with E-state index < -0.39 is 0 Å². The maximum absolute atomic E-state index is 5.48. The van der Waals surface area contributed by atoms with E-state index in [-0.39, 0.29) is 0 Å². The fourth-order valence-corrected chi connectivity index (χ4v) is 1.86. The summed E-state index contributed by atoms with van der Waals surface area (Å²) in [6, 6.07) is 8.51. The minimum Gasteiger partial charge on any atom is -0.387 e. The first kappa shape index (κ1) is 9.28. The fourth-order valence-electron chi connectivity index (χ4n) is 1.86. The van der Waals surface area contributed by atoms with Crippen LogP contribution in [0, 0.1) is 0 Å². The number of benzene rings is 1. The lowest BCUT2D eigenvalue weighted by atomic mass is 10.0. The van der Waals surface area contributed by atoms with E-state index in [0.29, 0.717) is 6.54 Å². The first-order chi connectivity index (χ1) is 6.92. The molecule has 1 aliphatic rings. The van der Waals surface area contributed by atoms with Crippen LogP contribution < -0.4 is 21.5 Å². The monoisotopic (exact) mass is 188 g/mol. The Kier molecular flexibility index (Phi) is 2.84. The Morgan fingerprint density at radius 1 is 1.29 bits per heavy atom. The van der Waals surface area contributed by atoms with Gasteiger partial charge in [0.25, 0.3) is 0 Å². The molecule has 1 aromatic rings. The van der Waals surface area contributed by atoms with Gasteiger partial charge in [-0.05, 0) is 18.1 Å². The molecule has 0 saturated carbocycles. The Bertz CT molecular complexity index is 420. The molecular formula is C12H16N2. The molecule has 2 nitrogen and oxygen atoms in total. The van der Waals surface area contributed by atoms with Crippen molar-refractivity contribution in [1.29, 1.82) is 0 Å². The third-order valence-corrected chi connectivity index (χ3v) is 2.53. The van der Waals surface area contributed by atoms with E-state index in [1.54, 1.807) is 0 Å². The van der Waals surface area contributed by atoms with E-state index in [2.05, 4.69) is 35.7 Å². The van der Waals surface area contributed by atoms with Gasteiger partial charge in [0.2, 0.25) is 0 Å². The lowest BCUT2D eigenvalue weighted by Crippen LogP contribution is -2.35. The van der Waals surface area contributed by atoms with Crippen LogP contribution in [0.15, 0.2) is 24.3 Å². The highest BCUT2D eigenvalue weighted by Gasteiger charge is 2.02. The van der Waals surface area contributed by atoms with E-state index in [9.17, 15) is 0 Å². The molecule has 0 bridgehead atoms. The number of rotatable bonds is 3. The van der Waals surface area contributed by atoms with Crippen molar-refractivity contribution in [2.45, 2.75) is 12.8 Å². The zero-order valence-corrected chi connectivity index (χ0v) is 8.29. The van der Waals surface area contributed by atoms with Gasteiger partial charge in [-0.3, -0.25) is 0 Å². The second-order valence-corrected chi connectivity index (χ2v) is 3.52. The molecule has 1 aliphatic carbocycles. The second-order valence-electron chi connectivity index (χ2n) is 3.52. The van der Waals surface area contributed by atoms with E-state index in [0.717, 1.165) is 19.4 Å². The summed E-state index contributed by atoms with van der Waals surface area (Å²) in [5.41, 5.74) is 6.82. The molecule has 0 saturated heterocycles. The van der Waals surface area contributed by atoms with Crippen LogP contribution in [-0.2, 0) is 0 Å². The van der Waals surface area contributed by atoms with E-state index in [4.69, 9.17) is 5.73 Å². The van der Waals surface area contributed by atoms with Crippen LogP contribution in [0.2, 0.25) is 0 Å². The Balaban J connectivity index is 2.43. The molecule has 74 valence electrons. The summed E-state index contributed by atoms with van der Waals surface area (Å²) >= 11 is 0. The second kappa shape index (κ2) is 4.29. The molecule has 0 unspecified atom stereocenters. The Morgan fingerprint density at radius 3 is 3.00 bits per heavy atom. The summed E-state index contributed by atoms with van der Waals surface area (Å²) in [7, 11) is 0. The first-order valence-electron chi connectivity index (χ1n) is 5.14. The van der Waals surface area contributed by atoms with Crippen LogP contribution in [0.5, 0.6) is 0 Å². The molecule has 14 heavy (non-hydrogen) atoms. The molecule has 2 heteroatoms. The van der Waals surface area contributed by atoms with Crippen molar-refractivity contribution in [3.63, 3.8) is 0 Å². The van der Waals surface area contributed by atoms with Crippen LogP contribution in [0.25, 0.3) is 11.8 Å². The van der Waals surface area contributed by atoms with Crippen LogP contribution in [0.4, 0.5) is 0 Å². The summed E-state index contributed by atoms with van der Waals surface area (Å²) in [4.78, 5) is 0. The average Bonchev–Trinajstić information content (AvgIpc) is 2.26. The van der Waals surface area contributed by atoms with Crippen molar-refractivity contribution in [3.8, 4) is 0 Å². The van der Waals surface area contributed by atoms with E-state index in [1.807, 2.05) is 0 Å². The molecule has 0 atom stereocenters. The normalized spacial score (nSPS) is 14.5. The summed E-state index contributed by atoms with van der Waals surface area (Å²) in [5.74, 6) is 0. The molecule has 0 aromatic heterocycles. The van der Waals surface area contributed by atoms with Gasteiger partial charge in [-0.1, -0.05) is 30.3 Å². The van der Waals surface area contributed by atoms with Gasteiger partial charge in [0.1, 0.15) is 0 Å². The summed E-state index contributed by atoms with van der Waals surface area (Å²) in [5, 5.41) is 6.08. The first-order valence-corrected chi connectivity index (χ1v) is 5.14.